The molecule has 6 nitrogen and oxygen atoms in total. The first kappa shape index (κ1) is 16.2. The lowest BCUT2D eigenvalue weighted by Gasteiger charge is -2.38. The van der Waals surface area contributed by atoms with Crippen molar-refractivity contribution >= 4 is 11.6 Å². The quantitative estimate of drug-likeness (QED) is 0.761. The molecule has 2 aliphatic rings. The van der Waals surface area contributed by atoms with Gasteiger partial charge in [-0.15, -0.1) is 0 Å². The highest BCUT2D eigenvalue weighted by molar-refractivity contribution is 6.02. The van der Waals surface area contributed by atoms with Crippen LogP contribution < -0.4 is 5.32 Å². The molecule has 1 N–H and O–H groups in total. The first-order valence-electron chi connectivity index (χ1n) is 9.35. The maximum absolute atomic E-state index is 13.2. The molecule has 3 heterocycles. The lowest BCUT2D eigenvalue weighted by atomic mass is 10.0. The zero-order valence-corrected chi connectivity index (χ0v) is 15.7. The van der Waals surface area contributed by atoms with Crippen LogP contribution in [0.25, 0.3) is 5.82 Å². The SMILES string of the molecule is Cc1cc(-n2c(C)cc([C@H]3Nc4ccccc4C(=O)N3C3CC3)c2C)no1. The van der Waals surface area contributed by atoms with Crippen molar-refractivity contribution in [2.75, 3.05) is 5.32 Å². The van der Waals surface area contributed by atoms with Crippen LogP contribution in [0.2, 0.25) is 0 Å². The molecule has 5 rings (SSSR count). The van der Waals surface area contributed by atoms with Gasteiger partial charge in [0, 0.05) is 34.7 Å². The summed E-state index contributed by atoms with van der Waals surface area (Å²) >= 11 is 0. The minimum atomic E-state index is -0.173. The normalized spacial score (nSPS) is 19.1. The molecule has 138 valence electrons. The van der Waals surface area contributed by atoms with Crippen molar-refractivity contribution < 1.29 is 9.32 Å². The summed E-state index contributed by atoms with van der Waals surface area (Å²) in [7, 11) is 0. The number of hydrogen-bond donors (Lipinski definition) is 1. The number of benzene rings is 1. The third kappa shape index (κ3) is 2.47. The van der Waals surface area contributed by atoms with Crippen LogP contribution >= 0.6 is 0 Å². The van der Waals surface area contributed by atoms with Crippen molar-refractivity contribution in [1.82, 2.24) is 14.6 Å². The number of nitrogens with zero attached hydrogens (tertiary/aromatic N) is 3. The van der Waals surface area contributed by atoms with Crippen LogP contribution in [0.1, 0.15) is 52.1 Å². The summed E-state index contributed by atoms with van der Waals surface area (Å²) in [6.07, 6.45) is 1.95. The first-order chi connectivity index (χ1) is 13.0. The molecule has 3 aromatic rings. The average Bonchev–Trinajstić information content (AvgIpc) is 3.33. The molecule has 1 fully saturated rings. The van der Waals surface area contributed by atoms with Gasteiger partial charge in [0.25, 0.3) is 5.91 Å². The van der Waals surface area contributed by atoms with Gasteiger partial charge in [0.2, 0.25) is 0 Å². The number of amides is 1. The molecular weight excluding hydrogens is 340 g/mol. The summed E-state index contributed by atoms with van der Waals surface area (Å²) in [6, 6.07) is 12.1. The maximum Gasteiger partial charge on any atom is 0.258 e. The molecule has 1 amide bonds. The van der Waals surface area contributed by atoms with Crippen LogP contribution in [-0.2, 0) is 0 Å². The van der Waals surface area contributed by atoms with Crippen molar-refractivity contribution in [2.24, 2.45) is 0 Å². The van der Waals surface area contributed by atoms with Crippen molar-refractivity contribution in [1.29, 1.82) is 0 Å². The predicted molar refractivity (Wildman–Crippen MR) is 102 cm³/mol. The van der Waals surface area contributed by atoms with Gasteiger partial charge in [-0.1, -0.05) is 17.3 Å². The largest absolute Gasteiger partial charge is 0.361 e. The maximum atomic E-state index is 13.2. The van der Waals surface area contributed by atoms with Crippen LogP contribution in [0.15, 0.2) is 40.9 Å². The molecule has 0 spiro atoms. The van der Waals surface area contributed by atoms with E-state index in [2.05, 4.69) is 35.0 Å². The van der Waals surface area contributed by atoms with Crippen LogP contribution in [0.5, 0.6) is 0 Å². The van der Waals surface area contributed by atoms with Gasteiger partial charge in [-0.05, 0) is 51.8 Å². The fourth-order valence-electron chi connectivity index (χ4n) is 4.10. The summed E-state index contributed by atoms with van der Waals surface area (Å²) in [5, 5.41) is 7.77. The summed E-state index contributed by atoms with van der Waals surface area (Å²) in [6.45, 7) is 6.02. The highest BCUT2D eigenvalue weighted by Gasteiger charge is 2.43. The van der Waals surface area contributed by atoms with E-state index in [1.165, 1.54) is 0 Å². The minimum Gasteiger partial charge on any atom is -0.361 e. The van der Waals surface area contributed by atoms with E-state index in [0.717, 1.165) is 52.6 Å². The second-order valence-corrected chi connectivity index (χ2v) is 7.49. The van der Waals surface area contributed by atoms with E-state index >= 15 is 0 Å². The molecule has 0 radical (unpaired) electrons. The molecule has 1 atom stereocenters. The minimum absolute atomic E-state index is 0.110. The third-order valence-electron chi connectivity index (χ3n) is 5.51. The Balaban J connectivity index is 1.62. The van der Waals surface area contributed by atoms with E-state index in [1.54, 1.807) is 0 Å². The van der Waals surface area contributed by atoms with E-state index < -0.39 is 0 Å². The second-order valence-electron chi connectivity index (χ2n) is 7.49. The number of nitrogens with one attached hydrogen (secondary N) is 1. The smallest absolute Gasteiger partial charge is 0.258 e. The number of anilines is 1. The summed E-state index contributed by atoms with van der Waals surface area (Å²) in [5.74, 6) is 1.66. The summed E-state index contributed by atoms with van der Waals surface area (Å²) in [4.78, 5) is 15.2. The van der Waals surface area contributed by atoms with Crippen molar-refractivity contribution in [3.8, 4) is 5.82 Å². The number of rotatable bonds is 3. The van der Waals surface area contributed by atoms with Gasteiger partial charge in [-0.2, -0.15) is 0 Å². The standard InChI is InChI=1S/C21H22N4O2/c1-12-10-17(14(3)24(12)19-11-13(2)27-23-19)20-22-18-7-5-4-6-16(18)21(26)25(20)15-8-9-15/h4-7,10-11,15,20,22H,8-9H2,1-3H3/t20-/m0/s1. The Labute approximate surface area is 157 Å². The Hall–Kier alpha value is -3.02. The van der Waals surface area contributed by atoms with Gasteiger partial charge in [-0.25, -0.2) is 0 Å². The Morgan fingerprint density at radius 2 is 1.93 bits per heavy atom. The van der Waals surface area contributed by atoms with E-state index in [1.807, 2.05) is 42.2 Å². The summed E-state index contributed by atoms with van der Waals surface area (Å²) < 4.78 is 7.35. The fraction of sp³-hybridized carbons (Fsp3) is 0.333. The Bertz CT molecular complexity index is 1040. The number of fused-ring (bicyclic) bond motifs is 1. The van der Waals surface area contributed by atoms with Gasteiger partial charge in [0.05, 0.1) is 5.56 Å². The number of aromatic nitrogens is 2. The molecule has 1 saturated carbocycles. The monoisotopic (exact) mass is 362 g/mol. The molecule has 1 aliphatic heterocycles. The molecule has 6 heteroatoms. The van der Waals surface area contributed by atoms with Crippen molar-refractivity contribution in [3.05, 3.63) is 64.7 Å². The highest BCUT2D eigenvalue weighted by Crippen LogP contribution is 2.42. The van der Waals surface area contributed by atoms with Gasteiger partial charge in [0.15, 0.2) is 5.82 Å². The van der Waals surface area contributed by atoms with E-state index in [4.69, 9.17) is 4.52 Å². The predicted octanol–water partition coefficient (Wildman–Crippen LogP) is 4.12. The zero-order chi connectivity index (χ0) is 18.7. The van der Waals surface area contributed by atoms with Gasteiger partial charge < -0.3 is 14.7 Å². The van der Waals surface area contributed by atoms with Gasteiger partial charge in [0.1, 0.15) is 11.9 Å². The number of aryl methyl sites for hydroxylation is 2. The van der Waals surface area contributed by atoms with Crippen LogP contribution in [0.4, 0.5) is 5.69 Å². The van der Waals surface area contributed by atoms with Crippen LogP contribution in [-0.4, -0.2) is 26.6 Å². The van der Waals surface area contributed by atoms with Crippen molar-refractivity contribution in [3.63, 3.8) is 0 Å². The zero-order valence-electron chi connectivity index (χ0n) is 15.7. The molecule has 1 aliphatic carbocycles. The first-order valence-corrected chi connectivity index (χ1v) is 9.35. The van der Waals surface area contributed by atoms with Gasteiger partial charge in [-0.3, -0.25) is 9.36 Å². The topological polar surface area (TPSA) is 63.3 Å². The highest BCUT2D eigenvalue weighted by atomic mass is 16.5. The number of carbonyl (C=O) groups is 1. The van der Waals surface area contributed by atoms with Crippen LogP contribution in [0.3, 0.4) is 0 Å². The number of para-hydroxylation sites is 1. The van der Waals surface area contributed by atoms with E-state index in [0.29, 0.717) is 6.04 Å². The fourth-order valence-corrected chi connectivity index (χ4v) is 4.10. The van der Waals surface area contributed by atoms with E-state index in [-0.39, 0.29) is 12.1 Å². The molecule has 2 aromatic heterocycles. The second kappa shape index (κ2) is 5.74. The van der Waals surface area contributed by atoms with E-state index in [9.17, 15) is 4.79 Å². The molecule has 1 aromatic carbocycles. The molecular formula is C21H22N4O2. The Morgan fingerprint density at radius 1 is 1.15 bits per heavy atom. The van der Waals surface area contributed by atoms with Gasteiger partial charge >= 0.3 is 0 Å². The number of carbonyl (C=O) groups excluding carboxylic acids is 1. The molecule has 0 unspecified atom stereocenters. The molecule has 0 bridgehead atoms. The summed E-state index contributed by atoms with van der Waals surface area (Å²) in [5.41, 5.74) is 4.88. The average molecular weight is 362 g/mol. The molecule has 27 heavy (non-hydrogen) atoms. The molecule has 0 saturated heterocycles. The lowest BCUT2D eigenvalue weighted by Crippen LogP contribution is -2.44. The Kier molecular flexibility index (Phi) is 3.44. The Morgan fingerprint density at radius 3 is 2.63 bits per heavy atom. The van der Waals surface area contributed by atoms with Crippen molar-refractivity contribution in [2.45, 2.75) is 45.8 Å². The number of hydrogen-bond acceptors (Lipinski definition) is 4. The van der Waals surface area contributed by atoms with Crippen LogP contribution in [0, 0.1) is 20.8 Å². The third-order valence-corrected chi connectivity index (χ3v) is 5.51. The lowest BCUT2D eigenvalue weighted by molar-refractivity contribution is 0.0666.